The Morgan fingerprint density at radius 2 is 2.29 bits per heavy atom. The fraction of sp³-hybridized carbons (Fsp3) is 0.143. The van der Waals surface area contributed by atoms with Crippen molar-refractivity contribution in [1.29, 1.82) is 0 Å². The average Bonchev–Trinajstić information content (AvgIpc) is 2.32. The molecular formula is C14H13BFS. The van der Waals surface area contributed by atoms with Gasteiger partial charge in [-0.25, -0.2) is 4.39 Å². The second-order valence-corrected chi connectivity index (χ2v) is 4.66. The Labute approximate surface area is 107 Å². The van der Waals surface area contributed by atoms with Crippen LogP contribution in [-0.4, -0.2) is 7.28 Å². The molecule has 0 heterocycles. The molecule has 0 N–H and O–H groups in total. The van der Waals surface area contributed by atoms with Crippen LogP contribution in [0.5, 0.6) is 0 Å². The summed E-state index contributed by atoms with van der Waals surface area (Å²) in [5, 5.41) is 0. The molecule has 1 aromatic carbocycles. The van der Waals surface area contributed by atoms with Gasteiger partial charge in [-0.15, -0.1) is 6.42 Å². The zero-order valence-electron chi connectivity index (χ0n) is 9.91. The molecule has 0 aliphatic carbocycles. The van der Waals surface area contributed by atoms with E-state index >= 15 is 0 Å². The van der Waals surface area contributed by atoms with Gasteiger partial charge in [-0.2, -0.15) is 0 Å². The van der Waals surface area contributed by atoms with E-state index in [2.05, 4.69) is 5.92 Å². The Morgan fingerprint density at radius 1 is 1.53 bits per heavy atom. The van der Waals surface area contributed by atoms with E-state index in [0.29, 0.717) is 0 Å². The van der Waals surface area contributed by atoms with E-state index in [0.717, 1.165) is 15.3 Å². The van der Waals surface area contributed by atoms with Crippen LogP contribution in [0.15, 0.2) is 46.2 Å². The molecule has 0 aromatic heterocycles. The van der Waals surface area contributed by atoms with Crippen molar-refractivity contribution in [3.63, 3.8) is 0 Å². The highest BCUT2D eigenvalue weighted by molar-refractivity contribution is 8.03. The number of halogens is 1. The third-order valence-corrected chi connectivity index (χ3v) is 3.13. The van der Waals surface area contributed by atoms with Crippen molar-refractivity contribution >= 4 is 24.5 Å². The second-order valence-electron chi connectivity index (χ2n) is 3.38. The van der Waals surface area contributed by atoms with Gasteiger partial charge in [-0.3, -0.25) is 0 Å². The van der Waals surface area contributed by atoms with E-state index < -0.39 is 0 Å². The SMILES string of the molecule is C#C/C=C\C=C(/C)Sc1ccc(F)cc1[B]C. The Bertz CT molecular complexity index is 483. The van der Waals surface area contributed by atoms with Gasteiger partial charge in [0.05, 0.1) is 0 Å². The number of hydrogen-bond acceptors (Lipinski definition) is 1. The Hall–Kier alpha value is -1.40. The molecule has 0 bridgehead atoms. The van der Waals surface area contributed by atoms with E-state index in [1.54, 1.807) is 23.9 Å². The van der Waals surface area contributed by atoms with E-state index in [1.165, 1.54) is 12.1 Å². The molecule has 1 rings (SSSR count). The first-order valence-corrected chi connectivity index (χ1v) is 6.05. The minimum atomic E-state index is -0.212. The van der Waals surface area contributed by atoms with Crippen LogP contribution in [0.4, 0.5) is 4.39 Å². The number of hydrogen-bond donors (Lipinski definition) is 0. The Morgan fingerprint density at radius 3 is 2.94 bits per heavy atom. The molecule has 0 saturated carbocycles. The summed E-state index contributed by atoms with van der Waals surface area (Å²) in [5.74, 6) is 2.22. The highest BCUT2D eigenvalue weighted by atomic mass is 32.2. The lowest BCUT2D eigenvalue weighted by molar-refractivity contribution is 0.628. The summed E-state index contributed by atoms with van der Waals surface area (Å²) in [6.45, 7) is 3.89. The van der Waals surface area contributed by atoms with Gasteiger partial charge in [-0.05, 0) is 36.1 Å². The summed E-state index contributed by atoms with van der Waals surface area (Å²) in [7, 11) is 1.90. The summed E-state index contributed by atoms with van der Waals surface area (Å²) in [6, 6.07) is 4.80. The summed E-state index contributed by atoms with van der Waals surface area (Å²) >= 11 is 1.60. The molecule has 0 fully saturated rings. The number of benzene rings is 1. The highest BCUT2D eigenvalue weighted by Crippen LogP contribution is 2.24. The van der Waals surface area contributed by atoms with Crippen LogP contribution >= 0.6 is 11.8 Å². The molecule has 0 saturated heterocycles. The number of allylic oxidation sites excluding steroid dienone is 4. The molecule has 1 radical (unpaired) electrons. The molecule has 0 aliphatic heterocycles. The van der Waals surface area contributed by atoms with Crippen molar-refractivity contribution in [3.8, 4) is 12.3 Å². The van der Waals surface area contributed by atoms with Crippen molar-refractivity contribution in [2.24, 2.45) is 0 Å². The van der Waals surface area contributed by atoms with Crippen molar-refractivity contribution in [2.45, 2.75) is 18.6 Å². The molecule has 0 unspecified atom stereocenters. The molecule has 0 atom stereocenters. The van der Waals surface area contributed by atoms with Crippen molar-refractivity contribution in [2.75, 3.05) is 0 Å². The normalized spacial score (nSPS) is 11.5. The summed E-state index contributed by atoms with van der Waals surface area (Å²) in [4.78, 5) is 2.14. The maximum absolute atomic E-state index is 13.0. The minimum Gasteiger partial charge on any atom is -0.207 e. The van der Waals surface area contributed by atoms with Gasteiger partial charge in [0.25, 0.3) is 0 Å². The van der Waals surface area contributed by atoms with Crippen LogP contribution in [0.1, 0.15) is 6.92 Å². The van der Waals surface area contributed by atoms with Gasteiger partial charge >= 0.3 is 0 Å². The first-order chi connectivity index (χ1) is 8.17. The molecular weight excluding hydrogens is 230 g/mol. The second kappa shape index (κ2) is 7.03. The van der Waals surface area contributed by atoms with Gasteiger partial charge in [-0.1, -0.05) is 42.1 Å². The van der Waals surface area contributed by atoms with Crippen molar-refractivity contribution in [1.82, 2.24) is 0 Å². The van der Waals surface area contributed by atoms with E-state index in [-0.39, 0.29) is 5.82 Å². The predicted molar refractivity (Wildman–Crippen MR) is 75.2 cm³/mol. The fourth-order valence-corrected chi connectivity index (χ4v) is 2.21. The van der Waals surface area contributed by atoms with Gasteiger partial charge in [0.15, 0.2) is 0 Å². The molecule has 0 amide bonds. The van der Waals surface area contributed by atoms with Gasteiger partial charge in [0, 0.05) is 4.90 Å². The summed E-state index contributed by atoms with van der Waals surface area (Å²) in [6.07, 6.45) is 10.5. The first kappa shape index (κ1) is 13.7. The smallest absolute Gasteiger partial charge is 0.149 e. The zero-order valence-corrected chi connectivity index (χ0v) is 10.7. The lowest BCUT2D eigenvalue weighted by Crippen LogP contribution is -2.13. The van der Waals surface area contributed by atoms with Crippen molar-refractivity contribution < 1.29 is 4.39 Å². The monoisotopic (exact) mass is 243 g/mol. The van der Waals surface area contributed by atoms with Crippen LogP contribution < -0.4 is 5.46 Å². The molecule has 3 heteroatoms. The summed E-state index contributed by atoms with van der Waals surface area (Å²) < 4.78 is 13.0. The maximum Gasteiger partial charge on any atom is 0.149 e. The van der Waals surface area contributed by atoms with E-state index in [4.69, 9.17) is 6.42 Å². The molecule has 0 aliphatic rings. The number of terminal acetylenes is 1. The first-order valence-electron chi connectivity index (χ1n) is 5.23. The predicted octanol–water partition coefficient (Wildman–Crippen LogP) is 3.39. The lowest BCUT2D eigenvalue weighted by Gasteiger charge is -2.07. The molecule has 1 aromatic rings. The molecule has 0 nitrogen and oxygen atoms in total. The fourth-order valence-electron chi connectivity index (χ4n) is 1.28. The zero-order chi connectivity index (χ0) is 12.7. The average molecular weight is 243 g/mol. The topological polar surface area (TPSA) is 0 Å². The Balaban J connectivity index is 2.85. The van der Waals surface area contributed by atoms with E-state index in [9.17, 15) is 4.39 Å². The van der Waals surface area contributed by atoms with Gasteiger partial charge in [0.1, 0.15) is 13.1 Å². The standard InChI is InChI=1S/C14H13BFS/c1-4-5-6-7-11(2)17-14-9-8-12(16)10-13(14)15-3/h1,5-10H,2-3H3/b6-5-,11-7+. The summed E-state index contributed by atoms with van der Waals surface area (Å²) in [5.41, 5.74) is 0.906. The third-order valence-electron chi connectivity index (χ3n) is 2.08. The highest BCUT2D eigenvalue weighted by Gasteiger charge is 2.04. The molecule has 0 spiro atoms. The molecule has 17 heavy (non-hydrogen) atoms. The van der Waals surface area contributed by atoms with Crippen LogP contribution in [0, 0.1) is 18.2 Å². The third kappa shape index (κ3) is 4.54. The number of thioether (sulfide) groups is 1. The van der Waals surface area contributed by atoms with Crippen molar-refractivity contribution in [3.05, 3.63) is 47.1 Å². The van der Waals surface area contributed by atoms with Gasteiger partial charge < -0.3 is 0 Å². The van der Waals surface area contributed by atoms with Crippen LogP contribution in [0.25, 0.3) is 0 Å². The van der Waals surface area contributed by atoms with Crippen LogP contribution in [-0.2, 0) is 0 Å². The quantitative estimate of drug-likeness (QED) is 0.338. The van der Waals surface area contributed by atoms with Crippen LogP contribution in [0.2, 0.25) is 6.82 Å². The minimum absolute atomic E-state index is 0.212. The Kier molecular flexibility index (Phi) is 5.66. The lowest BCUT2D eigenvalue weighted by atomic mass is 9.73. The van der Waals surface area contributed by atoms with Crippen LogP contribution in [0.3, 0.4) is 0 Å². The van der Waals surface area contributed by atoms with Gasteiger partial charge in [0.2, 0.25) is 0 Å². The number of rotatable bonds is 4. The molecule has 85 valence electrons. The maximum atomic E-state index is 13.0. The largest absolute Gasteiger partial charge is 0.207 e. The van der Waals surface area contributed by atoms with E-state index in [1.807, 2.05) is 33.2 Å².